The van der Waals surface area contributed by atoms with Crippen molar-refractivity contribution in [3.8, 4) is 0 Å². The van der Waals surface area contributed by atoms with E-state index >= 15 is 0 Å². The van der Waals surface area contributed by atoms with E-state index < -0.39 is 5.97 Å². The van der Waals surface area contributed by atoms with Gasteiger partial charge in [0.15, 0.2) is 0 Å². The van der Waals surface area contributed by atoms with E-state index in [-0.39, 0.29) is 12.2 Å². The molecule has 1 N–H and O–H groups in total. The third-order valence-electron chi connectivity index (χ3n) is 3.69. The predicted molar refractivity (Wildman–Crippen MR) is 79.6 cm³/mol. The summed E-state index contributed by atoms with van der Waals surface area (Å²) in [5, 5.41) is 8.48. The number of rotatable bonds is 11. The summed E-state index contributed by atoms with van der Waals surface area (Å²) in [6, 6.07) is 0. The molecule has 110 valence electrons. The summed E-state index contributed by atoms with van der Waals surface area (Å²) < 4.78 is 0. The van der Waals surface area contributed by atoms with Crippen molar-refractivity contribution in [2.75, 3.05) is 11.5 Å². The third kappa shape index (κ3) is 9.09. The number of carboxylic acid groups (broad SMARTS) is 1. The minimum atomic E-state index is -0.808. The smallest absolute Gasteiger partial charge is 0.303 e. The molecule has 1 fully saturated rings. The number of carbonyl (C=O) groups is 2. The number of thioether (sulfide) groups is 1. The molecule has 1 aliphatic rings. The van der Waals surface area contributed by atoms with Crippen LogP contribution >= 0.6 is 11.8 Å². The Morgan fingerprint density at radius 3 is 2.42 bits per heavy atom. The topological polar surface area (TPSA) is 54.4 Å². The number of carbonyl (C=O) groups excluding carboxylic acids is 1. The van der Waals surface area contributed by atoms with Crippen molar-refractivity contribution in [3.05, 3.63) is 0 Å². The van der Waals surface area contributed by atoms with E-state index in [0.717, 1.165) is 18.8 Å². The highest BCUT2D eigenvalue weighted by Gasteiger charge is 2.14. The summed E-state index contributed by atoms with van der Waals surface area (Å²) in [7, 11) is 0. The van der Waals surface area contributed by atoms with Gasteiger partial charge in [-0.2, -0.15) is 11.8 Å². The molecule has 0 aromatic rings. The third-order valence-corrected chi connectivity index (χ3v) is 4.92. The molecule has 1 unspecified atom stereocenters. The zero-order valence-corrected chi connectivity index (χ0v) is 12.6. The number of carboxylic acids is 1. The fourth-order valence-electron chi connectivity index (χ4n) is 2.48. The predicted octanol–water partition coefficient (Wildman–Crippen LogP) is 3.90. The van der Waals surface area contributed by atoms with Crippen molar-refractivity contribution in [1.29, 1.82) is 0 Å². The van der Waals surface area contributed by atoms with E-state index in [9.17, 15) is 9.59 Å². The van der Waals surface area contributed by atoms with Crippen molar-refractivity contribution >= 4 is 23.5 Å². The Bertz CT molecular complexity index is 273. The molecule has 1 aliphatic heterocycles. The van der Waals surface area contributed by atoms with Crippen LogP contribution in [0, 0.1) is 5.92 Å². The molecule has 0 amide bonds. The van der Waals surface area contributed by atoms with Gasteiger partial charge < -0.3 is 5.11 Å². The Hall–Kier alpha value is -0.510. The van der Waals surface area contributed by atoms with E-state index in [4.69, 9.17) is 5.11 Å². The van der Waals surface area contributed by atoms with Gasteiger partial charge in [-0.05, 0) is 43.1 Å². The first-order chi connectivity index (χ1) is 9.18. The fourth-order valence-corrected chi connectivity index (χ4v) is 3.81. The fraction of sp³-hybridized carbons (Fsp3) is 0.867. The number of Topliss-reactive ketones (excluding diaryl/α,β-unsaturated/α-hetero) is 1. The van der Waals surface area contributed by atoms with Crippen LogP contribution in [0.2, 0.25) is 0 Å². The lowest BCUT2D eigenvalue weighted by Crippen LogP contribution is -2.01. The van der Waals surface area contributed by atoms with E-state index in [0.29, 0.717) is 19.3 Å². The number of ketones is 1. The number of hydrogen-bond acceptors (Lipinski definition) is 3. The molecule has 0 spiro atoms. The van der Waals surface area contributed by atoms with Gasteiger partial charge in [-0.3, -0.25) is 9.59 Å². The molecule has 0 aromatic heterocycles. The second-order valence-electron chi connectivity index (χ2n) is 5.47. The Kier molecular flexibility index (Phi) is 8.97. The first-order valence-corrected chi connectivity index (χ1v) is 8.65. The molecule has 19 heavy (non-hydrogen) atoms. The first kappa shape index (κ1) is 16.5. The molecule has 1 rings (SSSR count). The van der Waals surface area contributed by atoms with Gasteiger partial charge in [0.1, 0.15) is 5.78 Å². The standard InChI is InChI=1S/C15H26O3S/c16-14(8-5-9-15(17)18)7-4-2-1-3-6-13-10-11-19-12-13/h13H,1-12H2,(H,17,18). The summed E-state index contributed by atoms with van der Waals surface area (Å²) >= 11 is 2.08. The van der Waals surface area contributed by atoms with Gasteiger partial charge in [-0.1, -0.05) is 19.3 Å². The molecule has 0 aromatic carbocycles. The van der Waals surface area contributed by atoms with Crippen LogP contribution in [0.15, 0.2) is 0 Å². The van der Waals surface area contributed by atoms with E-state index in [1.165, 1.54) is 37.2 Å². The van der Waals surface area contributed by atoms with E-state index in [2.05, 4.69) is 11.8 Å². The van der Waals surface area contributed by atoms with Crippen molar-refractivity contribution < 1.29 is 14.7 Å². The van der Waals surface area contributed by atoms with Crippen LogP contribution in [0.25, 0.3) is 0 Å². The van der Waals surface area contributed by atoms with Crippen molar-refractivity contribution in [2.24, 2.45) is 5.92 Å². The Morgan fingerprint density at radius 1 is 1.00 bits per heavy atom. The molecule has 1 heterocycles. The van der Waals surface area contributed by atoms with Crippen molar-refractivity contribution in [3.63, 3.8) is 0 Å². The zero-order valence-electron chi connectivity index (χ0n) is 11.7. The average molecular weight is 286 g/mol. The summed E-state index contributed by atoms with van der Waals surface area (Å²) in [6.45, 7) is 0. The van der Waals surface area contributed by atoms with Crippen LogP contribution in [-0.2, 0) is 9.59 Å². The van der Waals surface area contributed by atoms with Crippen LogP contribution in [0.5, 0.6) is 0 Å². The Labute approximate surface area is 120 Å². The van der Waals surface area contributed by atoms with Gasteiger partial charge in [0.05, 0.1) is 0 Å². The highest BCUT2D eigenvalue weighted by atomic mass is 32.2. The lowest BCUT2D eigenvalue weighted by molar-refractivity contribution is -0.137. The van der Waals surface area contributed by atoms with Gasteiger partial charge in [0, 0.05) is 19.3 Å². The number of aliphatic carboxylic acids is 1. The van der Waals surface area contributed by atoms with Crippen LogP contribution in [0.3, 0.4) is 0 Å². The van der Waals surface area contributed by atoms with Gasteiger partial charge in [-0.15, -0.1) is 0 Å². The van der Waals surface area contributed by atoms with Gasteiger partial charge in [0.2, 0.25) is 0 Å². The monoisotopic (exact) mass is 286 g/mol. The Balaban J connectivity index is 1.84. The quantitative estimate of drug-likeness (QED) is 0.585. The summed E-state index contributed by atoms with van der Waals surface area (Å²) in [5.74, 6) is 3.06. The highest BCUT2D eigenvalue weighted by molar-refractivity contribution is 7.99. The number of hydrogen-bond donors (Lipinski definition) is 1. The van der Waals surface area contributed by atoms with Gasteiger partial charge >= 0.3 is 5.97 Å². The van der Waals surface area contributed by atoms with Crippen LogP contribution in [0.1, 0.15) is 64.2 Å². The zero-order chi connectivity index (χ0) is 13.9. The molecule has 0 bridgehead atoms. The average Bonchev–Trinajstić information content (AvgIpc) is 2.86. The van der Waals surface area contributed by atoms with Gasteiger partial charge in [-0.25, -0.2) is 0 Å². The second-order valence-corrected chi connectivity index (χ2v) is 6.62. The maximum Gasteiger partial charge on any atom is 0.303 e. The minimum Gasteiger partial charge on any atom is -0.481 e. The summed E-state index contributed by atoms with van der Waals surface area (Å²) in [6.07, 6.45) is 9.10. The van der Waals surface area contributed by atoms with Crippen LogP contribution in [-0.4, -0.2) is 28.4 Å². The molecule has 0 radical (unpaired) electrons. The summed E-state index contributed by atoms with van der Waals surface area (Å²) in [5.41, 5.74) is 0. The molecular weight excluding hydrogens is 260 g/mol. The Morgan fingerprint density at radius 2 is 1.74 bits per heavy atom. The second kappa shape index (κ2) is 10.3. The van der Waals surface area contributed by atoms with Crippen molar-refractivity contribution in [2.45, 2.75) is 64.2 Å². The molecule has 0 aliphatic carbocycles. The molecule has 0 saturated carbocycles. The van der Waals surface area contributed by atoms with Crippen LogP contribution in [0.4, 0.5) is 0 Å². The minimum absolute atomic E-state index is 0.116. The molecule has 1 atom stereocenters. The van der Waals surface area contributed by atoms with Crippen LogP contribution < -0.4 is 0 Å². The first-order valence-electron chi connectivity index (χ1n) is 7.49. The van der Waals surface area contributed by atoms with E-state index in [1.54, 1.807) is 0 Å². The molecule has 4 heteroatoms. The molecule has 3 nitrogen and oxygen atoms in total. The molecule has 1 saturated heterocycles. The lowest BCUT2D eigenvalue weighted by atomic mass is 9.99. The summed E-state index contributed by atoms with van der Waals surface area (Å²) in [4.78, 5) is 21.8. The van der Waals surface area contributed by atoms with E-state index in [1.807, 2.05) is 0 Å². The highest BCUT2D eigenvalue weighted by Crippen LogP contribution is 2.27. The maximum absolute atomic E-state index is 11.5. The lowest BCUT2D eigenvalue weighted by Gasteiger charge is -2.07. The van der Waals surface area contributed by atoms with Gasteiger partial charge in [0.25, 0.3) is 0 Å². The normalized spacial score (nSPS) is 18.6. The maximum atomic E-state index is 11.5. The number of unbranched alkanes of at least 4 members (excludes halogenated alkanes) is 3. The molecular formula is C15H26O3S. The largest absolute Gasteiger partial charge is 0.481 e. The SMILES string of the molecule is O=C(O)CCCC(=O)CCCCCCC1CCSC1. The van der Waals surface area contributed by atoms with Crippen molar-refractivity contribution in [1.82, 2.24) is 0 Å².